The van der Waals surface area contributed by atoms with Crippen LogP contribution in [0.25, 0.3) is 0 Å². The van der Waals surface area contributed by atoms with Crippen molar-refractivity contribution < 1.29 is 20.1 Å². The average molecular weight is 274 g/mol. The van der Waals surface area contributed by atoms with Crippen LogP contribution >= 0.6 is 22.6 Å². The van der Waals surface area contributed by atoms with Crippen LogP contribution < -0.4 is 0 Å². The highest BCUT2D eigenvalue weighted by Crippen LogP contribution is 2.20. The minimum Gasteiger partial charge on any atom is -0.390 e. The molecule has 0 bridgehead atoms. The zero-order chi connectivity index (χ0) is 8.43. The number of halogens is 1. The Morgan fingerprint density at radius 1 is 1.36 bits per heavy atom. The molecule has 3 N–H and O–H groups in total. The number of rotatable bonds is 1. The number of aliphatic hydroxyl groups excluding tert-OH is 3. The summed E-state index contributed by atoms with van der Waals surface area (Å²) in [5, 5.41) is 27.4. The third-order valence-corrected chi connectivity index (χ3v) is 2.57. The van der Waals surface area contributed by atoms with E-state index < -0.39 is 24.6 Å². The van der Waals surface area contributed by atoms with E-state index in [1.165, 1.54) is 0 Å². The lowest BCUT2D eigenvalue weighted by Gasteiger charge is -2.33. The van der Waals surface area contributed by atoms with Gasteiger partial charge in [-0.1, -0.05) is 22.6 Å². The van der Waals surface area contributed by atoms with E-state index in [4.69, 9.17) is 14.9 Å². The van der Waals surface area contributed by atoms with Crippen LogP contribution in [0.2, 0.25) is 0 Å². The van der Waals surface area contributed by atoms with Crippen molar-refractivity contribution in [3.05, 3.63) is 0 Å². The van der Waals surface area contributed by atoms with E-state index in [2.05, 4.69) is 0 Å². The van der Waals surface area contributed by atoms with Gasteiger partial charge in [-0.15, -0.1) is 0 Å². The normalized spacial score (nSPS) is 45.8. The molecule has 0 radical (unpaired) electrons. The van der Waals surface area contributed by atoms with Crippen molar-refractivity contribution in [1.29, 1.82) is 0 Å². The first kappa shape index (κ1) is 9.66. The highest BCUT2D eigenvalue weighted by Gasteiger charge is 2.34. The Kier molecular flexibility index (Phi) is 3.51. The van der Waals surface area contributed by atoms with Crippen LogP contribution in [0.4, 0.5) is 0 Å². The van der Waals surface area contributed by atoms with E-state index in [1.54, 1.807) is 0 Å². The van der Waals surface area contributed by atoms with Crippen molar-refractivity contribution in [2.75, 3.05) is 4.43 Å². The Hall–Kier alpha value is 0.570. The van der Waals surface area contributed by atoms with Crippen molar-refractivity contribution in [2.45, 2.75) is 31.0 Å². The third-order valence-electron chi connectivity index (χ3n) is 1.70. The summed E-state index contributed by atoms with van der Waals surface area (Å²) in [7, 11) is 0. The molecule has 1 aliphatic rings. The Morgan fingerprint density at radius 3 is 2.55 bits per heavy atom. The second kappa shape index (κ2) is 3.99. The van der Waals surface area contributed by atoms with Crippen LogP contribution in [0.1, 0.15) is 6.42 Å². The summed E-state index contributed by atoms with van der Waals surface area (Å²) < 4.78 is 5.52. The minimum absolute atomic E-state index is 0.0916. The van der Waals surface area contributed by atoms with E-state index in [9.17, 15) is 5.11 Å². The lowest BCUT2D eigenvalue weighted by molar-refractivity contribution is -0.224. The maximum Gasteiger partial charge on any atom is 0.157 e. The van der Waals surface area contributed by atoms with Crippen LogP contribution in [0.3, 0.4) is 0 Å². The standard InChI is InChI=1S/C6H11IO4/c7-2-4-6(10)3(8)1-5(9)11-4/h3-6,8-10H,1-2H2/t3-,4-,5-,6+/m1/s1. The second-order valence-electron chi connectivity index (χ2n) is 2.58. The SMILES string of the molecule is O[C@H]1[C@H](O)C[C@H](O)O[C@@H]1CI. The smallest absolute Gasteiger partial charge is 0.157 e. The molecule has 0 spiro atoms. The summed E-state index contributed by atoms with van der Waals surface area (Å²) in [6.45, 7) is 0. The van der Waals surface area contributed by atoms with Gasteiger partial charge in [-0.05, 0) is 0 Å². The average Bonchev–Trinajstić information content (AvgIpc) is 1.96. The molecule has 5 heteroatoms. The first-order valence-electron chi connectivity index (χ1n) is 3.40. The topological polar surface area (TPSA) is 69.9 Å². The zero-order valence-corrected chi connectivity index (χ0v) is 8.01. The predicted octanol–water partition coefficient (Wildman–Crippen LogP) is -0.750. The Bertz CT molecular complexity index is 132. The van der Waals surface area contributed by atoms with Gasteiger partial charge in [0, 0.05) is 10.8 Å². The number of hydrogen-bond donors (Lipinski definition) is 3. The highest BCUT2D eigenvalue weighted by atomic mass is 127. The number of ether oxygens (including phenoxy) is 1. The molecule has 0 aromatic carbocycles. The van der Waals surface area contributed by atoms with Gasteiger partial charge in [0.15, 0.2) is 6.29 Å². The number of hydrogen-bond acceptors (Lipinski definition) is 4. The first-order valence-corrected chi connectivity index (χ1v) is 4.93. The van der Waals surface area contributed by atoms with Crippen LogP contribution in [-0.2, 0) is 4.74 Å². The van der Waals surface area contributed by atoms with Gasteiger partial charge < -0.3 is 20.1 Å². The summed E-state index contributed by atoms with van der Waals surface area (Å²) in [5.74, 6) is 0. The van der Waals surface area contributed by atoms with E-state index in [0.717, 1.165) is 0 Å². The summed E-state index contributed by atoms with van der Waals surface area (Å²) in [6.07, 6.45) is -3.02. The molecular formula is C6H11IO4. The molecular weight excluding hydrogens is 263 g/mol. The maximum atomic E-state index is 9.26. The Morgan fingerprint density at radius 2 is 2.00 bits per heavy atom. The summed E-state index contributed by atoms with van der Waals surface area (Å²) in [4.78, 5) is 0. The molecule has 0 unspecified atom stereocenters. The summed E-state index contributed by atoms with van der Waals surface area (Å²) in [5.41, 5.74) is 0. The van der Waals surface area contributed by atoms with Gasteiger partial charge in [-0.2, -0.15) is 0 Å². The van der Waals surface area contributed by atoms with Gasteiger partial charge >= 0.3 is 0 Å². The van der Waals surface area contributed by atoms with Gasteiger partial charge in [-0.3, -0.25) is 0 Å². The monoisotopic (exact) mass is 274 g/mol. The fourth-order valence-corrected chi connectivity index (χ4v) is 1.79. The maximum absolute atomic E-state index is 9.26. The lowest BCUT2D eigenvalue weighted by Crippen LogP contribution is -2.48. The van der Waals surface area contributed by atoms with E-state index >= 15 is 0 Å². The quantitative estimate of drug-likeness (QED) is 0.435. The van der Waals surface area contributed by atoms with Crippen LogP contribution in [0.15, 0.2) is 0 Å². The van der Waals surface area contributed by atoms with Gasteiger partial charge in [0.1, 0.15) is 6.10 Å². The molecule has 0 aromatic heterocycles. The molecule has 4 nitrogen and oxygen atoms in total. The summed E-state index contributed by atoms with van der Waals surface area (Å²) >= 11 is 2.03. The lowest BCUT2D eigenvalue weighted by atomic mass is 10.0. The Labute approximate surface area is 78.3 Å². The van der Waals surface area contributed by atoms with Crippen LogP contribution in [-0.4, -0.2) is 44.3 Å². The second-order valence-corrected chi connectivity index (χ2v) is 3.46. The Balaban J connectivity index is 2.51. The molecule has 1 aliphatic heterocycles. The van der Waals surface area contributed by atoms with Crippen molar-refractivity contribution in [1.82, 2.24) is 0 Å². The molecule has 1 heterocycles. The molecule has 0 amide bonds. The van der Waals surface area contributed by atoms with Gasteiger partial charge in [0.2, 0.25) is 0 Å². The fraction of sp³-hybridized carbons (Fsp3) is 1.00. The summed E-state index contributed by atoms with van der Waals surface area (Å²) in [6, 6.07) is 0. The fourth-order valence-electron chi connectivity index (χ4n) is 1.06. The van der Waals surface area contributed by atoms with Gasteiger partial charge in [0.05, 0.1) is 12.2 Å². The number of alkyl halides is 1. The van der Waals surface area contributed by atoms with Crippen molar-refractivity contribution >= 4 is 22.6 Å². The van der Waals surface area contributed by atoms with Gasteiger partial charge in [-0.25, -0.2) is 0 Å². The third kappa shape index (κ3) is 2.25. The molecule has 1 rings (SSSR count). The van der Waals surface area contributed by atoms with Crippen molar-refractivity contribution in [3.8, 4) is 0 Å². The van der Waals surface area contributed by atoms with Crippen LogP contribution in [0.5, 0.6) is 0 Å². The van der Waals surface area contributed by atoms with E-state index in [0.29, 0.717) is 4.43 Å². The van der Waals surface area contributed by atoms with Gasteiger partial charge in [0.25, 0.3) is 0 Å². The first-order chi connectivity index (χ1) is 5.15. The molecule has 1 saturated heterocycles. The zero-order valence-electron chi connectivity index (χ0n) is 5.85. The molecule has 11 heavy (non-hydrogen) atoms. The molecule has 1 fully saturated rings. The van der Waals surface area contributed by atoms with E-state index in [1.807, 2.05) is 22.6 Å². The minimum atomic E-state index is -0.937. The highest BCUT2D eigenvalue weighted by molar-refractivity contribution is 14.1. The molecule has 4 atom stereocenters. The number of aliphatic hydroxyl groups is 3. The molecule has 66 valence electrons. The largest absolute Gasteiger partial charge is 0.390 e. The van der Waals surface area contributed by atoms with E-state index in [-0.39, 0.29) is 6.42 Å². The molecule has 0 aromatic rings. The molecule has 0 aliphatic carbocycles. The predicted molar refractivity (Wildman–Crippen MR) is 46.4 cm³/mol. The van der Waals surface area contributed by atoms with Crippen molar-refractivity contribution in [3.63, 3.8) is 0 Å². The van der Waals surface area contributed by atoms with Crippen LogP contribution in [0, 0.1) is 0 Å². The van der Waals surface area contributed by atoms with Crippen molar-refractivity contribution in [2.24, 2.45) is 0 Å². The molecule has 0 saturated carbocycles.